The van der Waals surface area contributed by atoms with Crippen LogP contribution in [0.4, 0.5) is 18.9 Å². The first-order chi connectivity index (χ1) is 16.7. The maximum atomic E-state index is 12.9. The quantitative estimate of drug-likeness (QED) is 0.388. The van der Waals surface area contributed by atoms with Crippen molar-refractivity contribution >= 4 is 38.9 Å². The first-order valence-electron chi connectivity index (χ1n) is 10.7. The SMILES string of the molecule is Cc1ccc(S(=O)(=O)N[C@H]2CC[C@H](O)CC2)cc1-c1cnc2c(N)cc(Cl)cn12.O=C(O)C(F)(F)F. The summed E-state index contributed by atoms with van der Waals surface area (Å²) in [6.07, 6.45) is 0.426. The number of alkyl halides is 3. The minimum atomic E-state index is -5.08. The van der Waals surface area contributed by atoms with Crippen LogP contribution >= 0.6 is 11.6 Å². The van der Waals surface area contributed by atoms with Gasteiger partial charge in [0.25, 0.3) is 0 Å². The number of hydrogen-bond acceptors (Lipinski definition) is 6. The van der Waals surface area contributed by atoms with Gasteiger partial charge in [0.15, 0.2) is 5.65 Å². The smallest absolute Gasteiger partial charge is 0.475 e. The Labute approximate surface area is 209 Å². The maximum absolute atomic E-state index is 12.9. The number of aliphatic carboxylic acids is 1. The van der Waals surface area contributed by atoms with Gasteiger partial charge in [-0.05, 0) is 56.4 Å². The Morgan fingerprint density at radius 3 is 2.42 bits per heavy atom. The van der Waals surface area contributed by atoms with E-state index >= 15 is 0 Å². The lowest BCUT2D eigenvalue weighted by Crippen LogP contribution is -2.38. The van der Waals surface area contributed by atoms with Crippen LogP contribution in [0.25, 0.3) is 16.9 Å². The normalized spacial score (nSPS) is 18.5. The molecule has 0 atom stereocenters. The third-order valence-corrected chi connectivity index (χ3v) is 7.38. The van der Waals surface area contributed by atoms with E-state index in [0.717, 1.165) is 11.1 Å². The summed E-state index contributed by atoms with van der Waals surface area (Å²) in [6.45, 7) is 1.91. The van der Waals surface area contributed by atoms with Crippen molar-refractivity contribution in [1.82, 2.24) is 14.1 Å². The van der Waals surface area contributed by atoms with Crippen molar-refractivity contribution in [3.63, 3.8) is 0 Å². The lowest BCUT2D eigenvalue weighted by Gasteiger charge is -2.26. The average molecular weight is 549 g/mol. The molecule has 0 aliphatic heterocycles. The number of halogens is 4. The third kappa shape index (κ3) is 6.46. The summed E-state index contributed by atoms with van der Waals surface area (Å²) in [6, 6.07) is 6.50. The highest BCUT2D eigenvalue weighted by molar-refractivity contribution is 7.89. The van der Waals surface area contributed by atoms with Crippen LogP contribution in [0.3, 0.4) is 0 Å². The Morgan fingerprint density at radius 2 is 1.83 bits per heavy atom. The van der Waals surface area contributed by atoms with E-state index in [1.54, 1.807) is 41.1 Å². The Kier molecular flexibility index (Phi) is 8.18. The van der Waals surface area contributed by atoms with E-state index in [1.807, 2.05) is 6.92 Å². The molecule has 9 nitrogen and oxygen atoms in total. The van der Waals surface area contributed by atoms with Crippen LogP contribution in [0, 0.1) is 6.92 Å². The van der Waals surface area contributed by atoms with E-state index in [9.17, 15) is 26.7 Å². The molecule has 1 saturated carbocycles. The number of benzene rings is 1. The van der Waals surface area contributed by atoms with Gasteiger partial charge in [-0.1, -0.05) is 17.7 Å². The summed E-state index contributed by atoms with van der Waals surface area (Å²) in [5.74, 6) is -2.76. The van der Waals surface area contributed by atoms with Gasteiger partial charge in [-0.3, -0.25) is 4.40 Å². The maximum Gasteiger partial charge on any atom is 0.490 e. The molecule has 1 fully saturated rings. The van der Waals surface area contributed by atoms with Crippen LogP contribution in [0.15, 0.2) is 41.6 Å². The topological polar surface area (TPSA) is 147 Å². The van der Waals surface area contributed by atoms with E-state index in [1.165, 1.54) is 0 Å². The molecule has 2 heterocycles. The van der Waals surface area contributed by atoms with E-state index in [2.05, 4.69) is 9.71 Å². The fourth-order valence-electron chi connectivity index (χ4n) is 3.80. The van der Waals surface area contributed by atoms with Crippen molar-refractivity contribution in [3.05, 3.63) is 47.2 Å². The number of imidazole rings is 1. The number of nitrogen functional groups attached to an aromatic ring is 1. The van der Waals surface area contributed by atoms with Gasteiger partial charge in [0.2, 0.25) is 10.0 Å². The van der Waals surface area contributed by atoms with Gasteiger partial charge in [-0.25, -0.2) is 22.9 Å². The molecule has 5 N–H and O–H groups in total. The second kappa shape index (κ2) is 10.6. The Hall–Kier alpha value is -2.87. The van der Waals surface area contributed by atoms with Crippen LogP contribution < -0.4 is 10.5 Å². The molecule has 1 aliphatic rings. The summed E-state index contributed by atoms with van der Waals surface area (Å²) in [7, 11) is -3.69. The number of aryl methyl sites for hydroxylation is 1. The summed E-state index contributed by atoms with van der Waals surface area (Å²) < 4.78 is 62.2. The molecule has 0 amide bonds. The molecule has 2 aromatic heterocycles. The zero-order chi connectivity index (χ0) is 26.8. The largest absolute Gasteiger partial charge is 0.490 e. The molecule has 4 rings (SSSR count). The molecule has 1 aliphatic carbocycles. The number of carboxylic acid groups (broad SMARTS) is 1. The molecular formula is C22H24ClF3N4O5S. The van der Waals surface area contributed by atoms with Crippen molar-refractivity contribution in [2.24, 2.45) is 0 Å². The third-order valence-electron chi connectivity index (χ3n) is 5.66. The van der Waals surface area contributed by atoms with Gasteiger partial charge < -0.3 is 15.9 Å². The standard InChI is InChI=1S/C20H23ClN4O3S.C2HF3O2/c1-12-2-7-16(29(27,28)24-14-3-5-15(26)6-4-14)9-17(12)19-10-23-20-18(22)8-13(21)11-25(19)20;3-2(4,5)1(6)7/h2,7-11,14-15,24,26H,3-6,22H2,1H3;(H,6,7)/t14-,15-;. The first kappa shape index (κ1) is 27.7. The number of aliphatic hydroxyl groups is 1. The number of sulfonamides is 1. The number of carboxylic acids is 1. The highest BCUT2D eigenvalue weighted by Gasteiger charge is 2.38. The number of fused-ring (bicyclic) bond motifs is 1. The van der Waals surface area contributed by atoms with E-state index in [0.29, 0.717) is 47.7 Å². The van der Waals surface area contributed by atoms with Gasteiger partial charge in [-0.2, -0.15) is 13.2 Å². The van der Waals surface area contributed by atoms with Gasteiger partial charge in [0.1, 0.15) is 0 Å². The van der Waals surface area contributed by atoms with Crippen LogP contribution in [-0.4, -0.2) is 52.3 Å². The van der Waals surface area contributed by atoms with Gasteiger partial charge in [0, 0.05) is 17.8 Å². The summed E-state index contributed by atoms with van der Waals surface area (Å²) in [5.41, 5.74) is 9.38. The molecule has 0 radical (unpaired) electrons. The van der Waals surface area contributed by atoms with Gasteiger partial charge in [0.05, 0.1) is 33.6 Å². The van der Waals surface area contributed by atoms with E-state index < -0.39 is 22.2 Å². The van der Waals surface area contributed by atoms with Crippen LogP contribution in [0.5, 0.6) is 0 Å². The highest BCUT2D eigenvalue weighted by Crippen LogP contribution is 2.30. The number of carbonyl (C=O) groups is 1. The predicted octanol–water partition coefficient (Wildman–Crippen LogP) is 3.76. The number of aromatic nitrogens is 2. The van der Waals surface area contributed by atoms with Crippen LogP contribution in [-0.2, 0) is 14.8 Å². The lowest BCUT2D eigenvalue weighted by molar-refractivity contribution is -0.192. The molecule has 3 aromatic rings. The van der Waals surface area contributed by atoms with Crippen LogP contribution in [0.2, 0.25) is 5.02 Å². The van der Waals surface area contributed by atoms with E-state index in [4.69, 9.17) is 27.2 Å². The zero-order valence-corrected chi connectivity index (χ0v) is 20.5. The molecule has 196 valence electrons. The number of nitrogens with two attached hydrogens (primary N) is 1. The number of anilines is 1. The molecule has 0 bridgehead atoms. The zero-order valence-electron chi connectivity index (χ0n) is 19.0. The molecule has 0 unspecified atom stereocenters. The van der Waals surface area contributed by atoms with Gasteiger partial charge >= 0.3 is 12.1 Å². The monoisotopic (exact) mass is 548 g/mol. The predicted molar refractivity (Wildman–Crippen MR) is 127 cm³/mol. The summed E-state index contributed by atoms with van der Waals surface area (Å²) in [5, 5.41) is 17.2. The van der Waals surface area contributed by atoms with Crippen molar-refractivity contribution in [2.45, 2.75) is 55.8 Å². The van der Waals surface area contributed by atoms with Crippen molar-refractivity contribution in [2.75, 3.05) is 5.73 Å². The molecule has 0 spiro atoms. The van der Waals surface area contributed by atoms with Crippen molar-refractivity contribution < 1.29 is 36.6 Å². The summed E-state index contributed by atoms with van der Waals surface area (Å²) in [4.78, 5) is 13.4. The molecule has 36 heavy (non-hydrogen) atoms. The summed E-state index contributed by atoms with van der Waals surface area (Å²) >= 11 is 6.15. The van der Waals surface area contributed by atoms with E-state index in [-0.39, 0.29) is 17.0 Å². The fraction of sp³-hybridized carbons (Fsp3) is 0.364. The molecular weight excluding hydrogens is 525 g/mol. The molecule has 1 aromatic carbocycles. The van der Waals surface area contributed by atoms with Crippen LogP contribution in [0.1, 0.15) is 31.2 Å². The minimum Gasteiger partial charge on any atom is -0.475 e. The minimum absolute atomic E-state index is 0.164. The highest BCUT2D eigenvalue weighted by atomic mass is 35.5. The number of aliphatic hydroxyl groups excluding tert-OH is 1. The fourth-order valence-corrected chi connectivity index (χ4v) is 5.35. The second-order valence-electron chi connectivity index (χ2n) is 8.36. The number of hydrogen-bond donors (Lipinski definition) is 4. The molecule has 0 saturated heterocycles. The average Bonchev–Trinajstić information content (AvgIpc) is 3.19. The Bertz CT molecular complexity index is 1370. The van der Waals surface area contributed by atoms with Crippen molar-refractivity contribution in [1.29, 1.82) is 0 Å². The number of nitrogens with one attached hydrogen (secondary N) is 1. The van der Waals surface area contributed by atoms with Gasteiger partial charge in [-0.15, -0.1) is 0 Å². The number of rotatable bonds is 4. The lowest BCUT2D eigenvalue weighted by atomic mass is 9.94. The second-order valence-corrected chi connectivity index (χ2v) is 10.5. The first-order valence-corrected chi connectivity index (χ1v) is 12.6. The Morgan fingerprint density at radius 1 is 1.22 bits per heavy atom. The number of nitrogens with zero attached hydrogens (tertiary/aromatic N) is 2. The number of pyridine rings is 1. The van der Waals surface area contributed by atoms with Crippen molar-refractivity contribution in [3.8, 4) is 11.3 Å². The Balaban J connectivity index is 0.000000454. The molecule has 14 heteroatoms.